The van der Waals surface area contributed by atoms with Crippen LogP contribution in [0.3, 0.4) is 0 Å². The number of hydrogen-bond acceptors (Lipinski definition) is 5. The van der Waals surface area contributed by atoms with Gasteiger partial charge in [-0.25, -0.2) is 0 Å². The quantitative estimate of drug-likeness (QED) is 0.726. The first kappa shape index (κ1) is 14.3. The molecule has 3 aliphatic heterocycles. The monoisotopic (exact) mass is 283 g/mol. The second kappa shape index (κ2) is 6.85. The molecule has 3 aliphatic rings. The van der Waals surface area contributed by atoms with Gasteiger partial charge < -0.3 is 19.7 Å². The Hall–Kier alpha value is -0.690. The molecular formula is C14H25N3O3. The van der Waals surface area contributed by atoms with Gasteiger partial charge in [-0.15, -0.1) is 0 Å². The minimum Gasteiger partial charge on any atom is -0.381 e. The van der Waals surface area contributed by atoms with Crippen LogP contribution >= 0.6 is 0 Å². The lowest BCUT2D eigenvalue weighted by atomic mass is 10.1. The van der Waals surface area contributed by atoms with Crippen molar-refractivity contribution in [3.05, 3.63) is 0 Å². The molecule has 1 unspecified atom stereocenters. The number of amides is 1. The molecule has 0 aromatic carbocycles. The van der Waals surface area contributed by atoms with E-state index in [0.29, 0.717) is 19.3 Å². The summed E-state index contributed by atoms with van der Waals surface area (Å²) in [6.07, 6.45) is 2.26. The predicted octanol–water partition coefficient (Wildman–Crippen LogP) is -0.702. The number of nitrogens with one attached hydrogen (secondary N) is 1. The van der Waals surface area contributed by atoms with Gasteiger partial charge in [0.15, 0.2) is 0 Å². The first-order chi connectivity index (χ1) is 9.84. The maximum absolute atomic E-state index is 12.4. The number of morpholine rings is 1. The van der Waals surface area contributed by atoms with E-state index < -0.39 is 0 Å². The highest BCUT2D eigenvalue weighted by Gasteiger charge is 2.31. The molecule has 20 heavy (non-hydrogen) atoms. The van der Waals surface area contributed by atoms with Crippen LogP contribution in [-0.2, 0) is 14.3 Å². The van der Waals surface area contributed by atoms with Crippen LogP contribution < -0.4 is 5.32 Å². The Balaban J connectivity index is 1.46. The van der Waals surface area contributed by atoms with E-state index in [1.54, 1.807) is 0 Å². The van der Waals surface area contributed by atoms with Crippen molar-refractivity contribution >= 4 is 5.91 Å². The van der Waals surface area contributed by atoms with Gasteiger partial charge in [0.1, 0.15) is 6.04 Å². The van der Waals surface area contributed by atoms with Crippen molar-refractivity contribution in [3.63, 3.8) is 0 Å². The van der Waals surface area contributed by atoms with E-state index in [1.165, 1.54) is 0 Å². The fraction of sp³-hybridized carbons (Fsp3) is 0.929. The minimum atomic E-state index is -0.140. The normalized spacial score (nSPS) is 30.4. The number of carbonyl (C=O) groups excluding carboxylic acids is 1. The lowest BCUT2D eigenvalue weighted by Crippen LogP contribution is -2.58. The van der Waals surface area contributed by atoms with Crippen molar-refractivity contribution in [3.8, 4) is 0 Å². The van der Waals surface area contributed by atoms with Gasteiger partial charge in [0, 0.05) is 52.0 Å². The van der Waals surface area contributed by atoms with Crippen molar-refractivity contribution in [2.45, 2.75) is 24.9 Å². The number of carbonyl (C=O) groups is 1. The Morgan fingerprint density at radius 3 is 2.40 bits per heavy atom. The number of hydrogen-bond donors (Lipinski definition) is 1. The van der Waals surface area contributed by atoms with Crippen LogP contribution in [0.2, 0.25) is 0 Å². The standard InChI is InChI=1S/C14H25N3O3/c18-14(13-11-20-10-3-15-13)17-6-4-16(5-7-17)12-1-8-19-9-2-12/h12-13,15H,1-11H2. The average Bonchev–Trinajstić information content (AvgIpc) is 2.56. The Labute approximate surface area is 120 Å². The summed E-state index contributed by atoms with van der Waals surface area (Å²) in [6, 6.07) is 0.510. The van der Waals surface area contributed by atoms with E-state index in [4.69, 9.17) is 9.47 Å². The third-order valence-corrected chi connectivity index (χ3v) is 4.55. The highest BCUT2D eigenvalue weighted by Crippen LogP contribution is 2.17. The van der Waals surface area contributed by atoms with Gasteiger partial charge in [-0.2, -0.15) is 0 Å². The lowest BCUT2D eigenvalue weighted by Gasteiger charge is -2.41. The molecule has 1 N–H and O–H groups in total. The molecule has 1 atom stereocenters. The number of piperazine rings is 1. The Kier molecular flexibility index (Phi) is 4.88. The zero-order valence-electron chi connectivity index (χ0n) is 12.1. The molecule has 114 valence electrons. The van der Waals surface area contributed by atoms with Crippen LogP contribution in [0.25, 0.3) is 0 Å². The van der Waals surface area contributed by atoms with E-state index in [0.717, 1.165) is 58.8 Å². The van der Waals surface area contributed by atoms with Crippen molar-refractivity contribution in [2.24, 2.45) is 0 Å². The fourth-order valence-electron chi connectivity index (χ4n) is 3.30. The van der Waals surface area contributed by atoms with Crippen LogP contribution in [0.15, 0.2) is 0 Å². The van der Waals surface area contributed by atoms with Gasteiger partial charge in [0.2, 0.25) is 5.91 Å². The smallest absolute Gasteiger partial charge is 0.242 e. The molecule has 0 aromatic heterocycles. The van der Waals surface area contributed by atoms with Crippen LogP contribution in [0.4, 0.5) is 0 Å². The summed E-state index contributed by atoms with van der Waals surface area (Å²) in [7, 11) is 0. The summed E-state index contributed by atoms with van der Waals surface area (Å²) >= 11 is 0. The molecule has 0 aromatic rings. The summed E-state index contributed by atoms with van der Waals surface area (Å²) < 4.78 is 10.8. The third kappa shape index (κ3) is 3.31. The molecule has 3 saturated heterocycles. The van der Waals surface area contributed by atoms with E-state index in [9.17, 15) is 4.79 Å². The topological polar surface area (TPSA) is 54.0 Å². The molecule has 1 amide bonds. The van der Waals surface area contributed by atoms with Crippen LogP contribution in [0.1, 0.15) is 12.8 Å². The van der Waals surface area contributed by atoms with Crippen LogP contribution in [-0.4, -0.2) is 86.9 Å². The maximum atomic E-state index is 12.4. The first-order valence-electron chi connectivity index (χ1n) is 7.76. The van der Waals surface area contributed by atoms with E-state index >= 15 is 0 Å². The summed E-state index contributed by atoms with van der Waals surface area (Å²) in [5, 5.41) is 3.24. The van der Waals surface area contributed by atoms with E-state index in [1.807, 2.05) is 4.90 Å². The van der Waals surface area contributed by atoms with Crippen molar-refractivity contribution < 1.29 is 14.3 Å². The first-order valence-corrected chi connectivity index (χ1v) is 7.76. The Morgan fingerprint density at radius 1 is 1.00 bits per heavy atom. The highest BCUT2D eigenvalue weighted by molar-refractivity contribution is 5.82. The SMILES string of the molecule is O=C(C1COCCN1)N1CCN(C2CCOCC2)CC1. The van der Waals surface area contributed by atoms with Gasteiger partial charge in [0.25, 0.3) is 0 Å². The van der Waals surface area contributed by atoms with E-state index in [-0.39, 0.29) is 11.9 Å². The van der Waals surface area contributed by atoms with Gasteiger partial charge >= 0.3 is 0 Å². The van der Waals surface area contributed by atoms with Crippen LogP contribution in [0, 0.1) is 0 Å². The fourth-order valence-corrected chi connectivity index (χ4v) is 3.30. The molecule has 0 aliphatic carbocycles. The third-order valence-electron chi connectivity index (χ3n) is 4.55. The van der Waals surface area contributed by atoms with Crippen molar-refractivity contribution in [1.82, 2.24) is 15.1 Å². The summed E-state index contributed by atoms with van der Waals surface area (Å²) in [4.78, 5) is 16.9. The molecule has 0 spiro atoms. The summed E-state index contributed by atoms with van der Waals surface area (Å²) in [6.45, 7) is 7.43. The zero-order valence-corrected chi connectivity index (χ0v) is 12.1. The molecule has 3 fully saturated rings. The molecule has 6 heteroatoms. The van der Waals surface area contributed by atoms with Gasteiger partial charge in [0.05, 0.1) is 13.2 Å². The summed E-state index contributed by atoms with van der Waals surface area (Å²) in [5.41, 5.74) is 0. The average molecular weight is 283 g/mol. The largest absolute Gasteiger partial charge is 0.381 e. The van der Waals surface area contributed by atoms with Gasteiger partial charge in [-0.3, -0.25) is 9.69 Å². The summed E-state index contributed by atoms with van der Waals surface area (Å²) in [5.74, 6) is 0.205. The molecule has 0 saturated carbocycles. The molecular weight excluding hydrogens is 258 g/mol. The highest BCUT2D eigenvalue weighted by atomic mass is 16.5. The lowest BCUT2D eigenvalue weighted by molar-refractivity contribution is -0.138. The number of rotatable bonds is 2. The van der Waals surface area contributed by atoms with Crippen molar-refractivity contribution in [2.75, 3.05) is 59.2 Å². The van der Waals surface area contributed by atoms with Crippen LogP contribution in [0.5, 0.6) is 0 Å². The Bertz CT molecular complexity index is 320. The van der Waals surface area contributed by atoms with E-state index in [2.05, 4.69) is 10.2 Å². The number of nitrogens with zero attached hydrogens (tertiary/aromatic N) is 2. The Morgan fingerprint density at radius 2 is 1.75 bits per heavy atom. The second-order valence-electron chi connectivity index (χ2n) is 5.79. The molecule has 0 bridgehead atoms. The molecule has 0 radical (unpaired) electrons. The zero-order chi connectivity index (χ0) is 13.8. The second-order valence-corrected chi connectivity index (χ2v) is 5.79. The number of ether oxygens (including phenoxy) is 2. The van der Waals surface area contributed by atoms with Crippen molar-refractivity contribution in [1.29, 1.82) is 0 Å². The minimum absolute atomic E-state index is 0.140. The molecule has 3 heterocycles. The van der Waals surface area contributed by atoms with Gasteiger partial charge in [-0.1, -0.05) is 0 Å². The molecule has 6 nitrogen and oxygen atoms in total. The van der Waals surface area contributed by atoms with Gasteiger partial charge in [-0.05, 0) is 12.8 Å². The predicted molar refractivity (Wildman–Crippen MR) is 74.6 cm³/mol. The maximum Gasteiger partial charge on any atom is 0.242 e. The molecule has 3 rings (SSSR count).